The minimum atomic E-state index is -3.57. The van der Waals surface area contributed by atoms with E-state index in [-0.39, 0.29) is 4.90 Å². The van der Waals surface area contributed by atoms with Crippen molar-refractivity contribution in [3.8, 4) is 5.75 Å². The summed E-state index contributed by atoms with van der Waals surface area (Å²) < 4.78 is 32.3. The molecule has 0 amide bonds. The second-order valence-electron chi connectivity index (χ2n) is 4.24. The van der Waals surface area contributed by atoms with E-state index in [1.54, 1.807) is 19.1 Å². The van der Waals surface area contributed by atoms with Gasteiger partial charge in [-0.05, 0) is 31.5 Å². The van der Waals surface area contributed by atoms with Gasteiger partial charge in [-0.3, -0.25) is 0 Å². The highest BCUT2D eigenvalue weighted by molar-refractivity contribution is 7.89. The fraction of sp³-hybridized carbons (Fsp3) is 0.538. The summed E-state index contributed by atoms with van der Waals surface area (Å²) in [5.74, 6) is 0.333. The van der Waals surface area contributed by atoms with Crippen LogP contribution in [0.25, 0.3) is 0 Å². The van der Waals surface area contributed by atoms with E-state index in [9.17, 15) is 8.42 Å². The van der Waals surface area contributed by atoms with Gasteiger partial charge in [0, 0.05) is 12.2 Å². The number of rotatable bonds is 8. The number of anilines is 1. The zero-order valence-electron chi connectivity index (χ0n) is 11.5. The lowest BCUT2D eigenvalue weighted by Gasteiger charge is -2.12. The fourth-order valence-electron chi connectivity index (χ4n) is 1.67. The van der Waals surface area contributed by atoms with Crippen molar-refractivity contribution < 1.29 is 13.2 Å². The second kappa shape index (κ2) is 7.35. The second-order valence-corrected chi connectivity index (χ2v) is 5.98. The van der Waals surface area contributed by atoms with Crippen LogP contribution in [0, 0.1) is 0 Å². The van der Waals surface area contributed by atoms with Gasteiger partial charge in [-0.1, -0.05) is 19.8 Å². The van der Waals surface area contributed by atoms with Crippen LogP contribution in [0.5, 0.6) is 5.75 Å². The van der Waals surface area contributed by atoms with Gasteiger partial charge < -0.3 is 10.5 Å². The first-order valence-corrected chi connectivity index (χ1v) is 8.01. The van der Waals surface area contributed by atoms with Gasteiger partial charge >= 0.3 is 0 Å². The maximum Gasteiger partial charge on any atom is 0.244 e. The molecule has 0 spiro atoms. The van der Waals surface area contributed by atoms with Crippen molar-refractivity contribution >= 4 is 15.7 Å². The van der Waals surface area contributed by atoms with Crippen LogP contribution in [0.3, 0.4) is 0 Å². The molecule has 0 saturated carbocycles. The van der Waals surface area contributed by atoms with Crippen molar-refractivity contribution in [2.45, 2.75) is 38.0 Å². The van der Waals surface area contributed by atoms with Gasteiger partial charge in [0.25, 0.3) is 0 Å². The molecule has 6 heteroatoms. The Hall–Kier alpha value is -1.27. The zero-order chi connectivity index (χ0) is 14.3. The molecule has 0 aromatic heterocycles. The van der Waals surface area contributed by atoms with E-state index in [0.717, 1.165) is 19.3 Å². The number of nitrogens with one attached hydrogen (secondary N) is 1. The van der Waals surface area contributed by atoms with Gasteiger partial charge in [0.15, 0.2) is 0 Å². The molecule has 1 aromatic carbocycles. The van der Waals surface area contributed by atoms with Crippen LogP contribution in [-0.4, -0.2) is 21.6 Å². The monoisotopic (exact) mass is 286 g/mol. The van der Waals surface area contributed by atoms with E-state index in [1.165, 1.54) is 6.07 Å². The van der Waals surface area contributed by atoms with Gasteiger partial charge in [0.05, 0.1) is 6.61 Å². The molecule has 108 valence electrons. The molecule has 0 bridgehead atoms. The molecule has 19 heavy (non-hydrogen) atoms. The summed E-state index contributed by atoms with van der Waals surface area (Å²) in [5.41, 5.74) is 6.05. The summed E-state index contributed by atoms with van der Waals surface area (Å²) in [4.78, 5) is 0.103. The van der Waals surface area contributed by atoms with Crippen molar-refractivity contribution in [3.05, 3.63) is 18.2 Å². The summed E-state index contributed by atoms with van der Waals surface area (Å²) in [6.45, 7) is 4.71. The quantitative estimate of drug-likeness (QED) is 0.566. The van der Waals surface area contributed by atoms with Crippen LogP contribution in [0.1, 0.15) is 33.1 Å². The number of unbranched alkanes of at least 4 members (excludes halogenated alkanes) is 2. The lowest BCUT2D eigenvalue weighted by atomic mass is 10.3. The molecule has 0 unspecified atom stereocenters. The maximum absolute atomic E-state index is 12.2. The van der Waals surface area contributed by atoms with E-state index in [1.807, 2.05) is 0 Å². The summed E-state index contributed by atoms with van der Waals surface area (Å²) in [5, 5.41) is 0. The molecule has 0 heterocycles. The Labute approximate surface area is 115 Å². The fourth-order valence-corrected chi connectivity index (χ4v) is 2.92. The molecule has 0 aliphatic carbocycles. The molecular formula is C13H22N2O3S. The molecule has 5 nitrogen and oxygen atoms in total. The van der Waals surface area contributed by atoms with E-state index in [0.29, 0.717) is 24.6 Å². The Bertz CT molecular complexity index is 501. The van der Waals surface area contributed by atoms with Crippen LogP contribution < -0.4 is 15.2 Å². The number of nitrogen functional groups attached to an aromatic ring is 1. The van der Waals surface area contributed by atoms with Crippen molar-refractivity contribution in [2.75, 3.05) is 18.9 Å². The Kier molecular flexibility index (Phi) is 6.11. The molecule has 0 aliphatic heterocycles. The number of hydrogen-bond donors (Lipinski definition) is 2. The number of benzene rings is 1. The highest BCUT2D eigenvalue weighted by atomic mass is 32.2. The summed E-state index contributed by atoms with van der Waals surface area (Å²) >= 11 is 0. The Morgan fingerprint density at radius 3 is 2.63 bits per heavy atom. The minimum absolute atomic E-state index is 0.103. The normalized spacial score (nSPS) is 11.5. The van der Waals surface area contributed by atoms with Gasteiger partial charge in [0.1, 0.15) is 10.6 Å². The van der Waals surface area contributed by atoms with Gasteiger partial charge in [-0.2, -0.15) is 0 Å². The van der Waals surface area contributed by atoms with Crippen LogP contribution >= 0.6 is 0 Å². The Balaban J connectivity index is 2.89. The smallest absolute Gasteiger partial charge is 0.244 e. The van der Waals surface area contributed by atoms with Crippen molar-refractivity contribution in [1.82, 2.24) is 4.72 Å². The van der Waals surface area contributed by atoms with Crippen LogP contribution in [0.15, 0.2) is 23.1 Å². The predicted octanol–water partition coefficient (Wildman–Crippen LogP) is 2.14. The summed E-state index contributed by atoms with van der Waals surface area (Å²) in [7, 11) is -3.57. The standard InChI is InChI=1S/C13H22N2O3S/c1-3-5-6-9-15-19(16,17)13-10-11(14)7-8-12(13)18-4-2/h7-8,10,15H,3-6,9,14H2,1-2H3. The molecule has 0 atom stereocenters. The van der Waals surface area contributed by atoms with Crippen LogP contribution in [0.2, 0.25) is 0 Å². The minimum Gasteiger partial charge on any atom is -0.492 e. The third-order valence-corrected chi connectivity index (χ3v) is 4.11. The van der Waals surface area contributed by atoms with E-state index in [2.05, 4.69) is 11.6 Å². The first kappa shape index (κ1) is 15.8. The number of ether oxygens (including phenoxy) is 1. The average Bonchev–Trinajstić information content (AvgIpc) is 2.37. The third kappa shape index (κ3) is 4.72. The van der Waals surface area contributed by atoms with E-state index in [4.69, 9.17) is 10.5 Å². The molecular weight excluding hydrogens is 264 g/mol. The van der Waals surface area contributed by atoms with Crippen molar-refractivity contribution in [2.24, 2.45) is 0 Å². The average molecular weight is 286 g/mol. The predicted molar refractivity (Wildman–Crippen MR) is 76.7 cm³/mol. The first-order valence-electron chi connectivity index (χ1n) is 6.53. The Morgan fingerprint density at radius 2 is 2.00 bits per heavy atom. The highest BCUT2D eigenvalue weighted by Gasteiger charge is 2.19. The van der Waals surface area contributed by atoms with Crippen molar-refractivity contribution in [1.29, 1.82) is 0 Å². The summed E-state index contributed by atoms with van der Waals surface area (Å²) in [6, 6.07) is 4.63. The van der Waals surface area contributed by atoms with Crippen molar-refractivity contribution in [3.63, 3.8) is 0 Å². The van der Waals surface area contributed by atoms with E-state index < -0.39 is 10.0 Å². The van der Waals surface area contributed by atoms with Gasteiger partial charge in [-0.15, -0.1) is 0 Å². The highest BCUT2D eigenvalue weighted by Crippen LogP contribution is 2.26. The molecule has 0 saturated heterocycles. The maximum atomic E-state index is 12.2. The molecule has 1 rings (SSSR count). The third-order valence-electron chi connectivity index (χ3n) is 2.63. The lowest BCUT2D eigenvalue weighted by molar-refractivity contribution is 0.331. The molecule has 1 aromatic rings. The largest absolute Gasteiger partial charge is 0.492 e. The SMILES string of the molecule is CCCCCNS(=O)(=O)c1cc(N)ccc1OCC. The van der Waals surface area contributed by atoms with E-state index >= 15 is 0 Å². The Morgan fingerprint density at radius 1 is 1.26 bits per heavy atom. The molecule has 3 N–H and O–H groups in total. The zero-order valence-corrected chi connectivity index (χ0v) is 12.3. The topological polar surface area (TPSA) is 81.4 Å². The molecule has 0 radical (unpaired) electrons. The number of sulfonamides is 1. The lowest BCUT2D eigenvalue weighted by Crippen LogP contribution is -2.25. The molecule has 0 fully saturated rings. The summed E-state index contributed by atoms with van der Waals surface area (Å²) in [6.07, 6.45) is 2.87. The van der Waals surface area contributed by atoms with Gasteiger partial charge in [-0.25, -0.2) is 13.1 Å². The van der Waals surface area contributed by atoms with Crippen LogP contribution in [0.4, 0.5) is 5.69 Å². The van der Waals surface area contributed by atoms with Crippen LogP contribution in [-0.2, 0) is 10.0 Å². The molecule has 0 aliphatic rings. The first-order chi connectivity index (χ1) is 9.01. The van der Waals surface area contributed by atoms with Gasteiger partial charge in [0.2, 0.25) is 10.0 Å². The number of hydrogen-bond acceptors (Lipinski definition) is 4. The number of nitrogens with two attached hydrogens (primary N) is 1.